The normalized spacial score (nSPS) is 15.7. The van der Waals surface area contributed by atoms with Gasteiger partial charge in [-0.3, -0.25) is 0 Å². The molecule has 0 aromatic carbocycles. The summed E-state index contributed by atoms with van der Waals surface area (Å²) in [5.41, 5.74) is 5.51. The van der Waals surface area contributed by atoms with Gasteiger partial charge in [-0.2, -0.15) is 0 Å². The molecule has 3 heteroatoms. The Morgan fingerprint density at radius 3 is 2.46 bits per heavy atom. The van der Waals surface area contributed by atoms with E-state index in [4.69, 9.17) is 15.6 Å². The second-order valence-corrected chi connectivity index (χ2v) is 3.59. The molecule has 0 rings (SSSR count). The first-order valence-corrected chi connectivity index (χ1v) is 5.16. The zero-order valence-electron chi connectivity index (χ0n) is 8.88. The lowest BCUT2D eigenvalue weighted by atomic mass is 9.93. The molecule has 0 heterocycles. The predicted octanol–water partition coefficient (Wildman–Crippen LogP) is 1.29. The lowest BCUT2D eigenvalue weighted by Gasteiger charge is -2.25. The fourth-order valence-corrected chi connectivity index (χ4v) is 1.14. The summed E-state index contributed by atoms with van der Waals surface area (Å²) >= 11 is 0. The maximum atomic E-state index is 9.02. The van der Waals surface area contributed by atoms with Crippen molar-refractivity contribution in [2.24, 2.45) is 5.73 Å². The smallest absolute Gasteiger partial charge is 0.0611 e. The molecule has 0 bridgehead atoms. The molecule has 0 aliphatic carbocycles. The molecule has 0 aromatic heterocycles. The maximum absolute atomic E-state index is 9.02. The quantitative estimate of drug-likeness (QED) is 0.566. The van der Waals surface area contributed by atoms with Crippen molar-refractivity contribution in [3.63, 3.8) is 0 Å². The van der Waals surface area contributed by atoms with Crippen LogP contribution in [0.25, 0.3) is 0 Å². The van der Waals surface area contributed by atoms with E-state index in [1.807, 2.05) is 6.92 Å². The van der Waals surface area contributed by atoms with Crippen molar-refractivity contribution >= 4 is 0 Å². The summed E-state index contributed by atoms with van der Waals surface area (Å²) in [6.07, 6.45) is 3.65. The highest BCUT2D eigenvalue weighted by Gasteiger charge is 2.20. The highest BCUT2D eigenvalue weighted by atomic mass is 16.5. The lowest BCUT2D eigenvalue weighted by Crippen LogP contribution is -2.43. The lowest BCUT2D eigenvalue weighted by molar-refractivity contribution is 0.115. The molecule has 0 amide bonds. The van der Waals surface area contributed by atoms with E-state index in [-0.39, 0.29) is 6.61 Å². The molecule has 13 heavy (non-hydrogen) atoms. The molecule has 0 aliphatic heterocycles. The average molecular weight is 189 g/mol. The Balaban J connectivity index is 3.39. The van der Waals surface area contributed by atoms with Gasteiger partial charge in [-0.15, -0.1) is 0 Å². The van der Waals surface area contributed by atoms with Gasteiger partial charge < -0.3 is 15.6 Å². The molecule has 0 fully saturated rings. The fourth-order valence-electron chi connectivity index (χ4n) is 1.14. The van der Waals surface area contributed by atoms with E-state index in [1.54, 1.807) is 0 Å². The first kappa shape index (κ1) is 12.9. The minimum atomic E-state index is -0.393. The zero-order chi connectivity index (χ0) is 10.2. The molecule has 3 N–H and O–H groups in total. The summed E-state index contributed by atoms with van der Waals surface area (Å²) in [7, 11) is 0. The summed E-state index contributed by atoms with van der Waals surface area (Å²) in [5.74, 6) is 0. The van der Waals surface area contributed by atoms with E-state index in [0.29, 0.717) is 0 Å². The van der Waals surface area contributed by atoms with Crippen LogP contribution in [-0.2, 0) is 4.74 Å². The van der Waals surface area contributed by atoms with Crippen LogP contribution in [0.15, 0.2) is 0 Å². The number of ether oxygens (including phenoxy) is 1. The number of aliphatic hydroxyl groups is 1. The highest BCUT2D eigenvalue weighted by Crippen LogP contribution is 2.12. The van der Waals surface area contributed by atoms with Crippen molar-refractivity contribution < 1.29 is 9.84 Å². The molecule has 0 saturated carbocycles. The van der Waals surface area contributed by atoms with Crippen molar-refractivity contribution in [3.05, 3.63) is 0 Å². The number of rotatable bonds is 8. The first-order chi connectivity index (χ1) is 6.18. The fraction of sp³-hybridized carbons (Fsp3) is 1.00. The Labute approximate surface area is 81.3 Å². The van der Waals surface area contributed by atoms with E-state index in [2.05, 4.69) is 6.92 Å². The topological polar surface area (TPSA) is 55.5 Å². The van der Waals surface area contributed by atoms with Crippen LogP contribution in [0.1, 0.15) is 39.5 Å². The van der Waals surface area contributed by atoms with Crippen LogP contribution in [0, 0.1) is 0 Å². The number of hydrogen-bond acceptors (Lipinski definition) is 3. The number of hydrogen-bond donors (Lipinski definition) is 2. The first-order valence-electron chi connectivity index (χ1n) is 5.16. The minimum Gasteiger partial charge on any atom is -0.394 e. The van der Waals surface area contributed by atoms with E-state index >= 15 is 0 Å². The van der Waals surface area contributed by atoms with E-state index in [0.717, 1.165) is 38.9 Å². The van der Waals surface area contributed by atoms with Gasteiger partial charge in [0.05, 0.1) is 6.61 Å². The van der Waals surface area contributed by atoms with Gasteiger partial charge in [-0.05, 0) is 25.7 Å². The van der Waals surface area contributed by atoms with Crippen LogP contribution in [0.4, 0.5) is 0 Å². The molecule has 0 aromatic rings. The van der Waals surface area contributed by atoms with E-state index in [9.17, 15) is 0 Å². The Morgan fingerprint density at radius 1 is 1.31 bits per heavy atom. The van der Waals surface area contributed by atoms with Gasteiger partial charge in [0.15, 0.2) is 0 Å². The third-order valence-corrected chi connectivity index (χ3v) is 2.33. The summed E-state index contributed by atoms with van der Waals surface area (Å²) in [6.45, 7) is 5.74. The minimum absolute atomic E-state index is 0.0667. The van der Waals surface area contributed by atoms with Crippen LogP contribution in [0.2, 0.25) is 0 Å². The molecule has 3 nitrogen and oxygen atoms in total. The molecular weight excluding hydrogens is 166 g/mol. The maximum Gasteiger partial charge on any atom is 0.0611 e. The summed E-state index contributed by atoms with van der Waals surface area (Å²) in [5, 5.41) is 9.02. The van der Waals surface area contributed by atoms with Gasteiger partial charge in [0.25, 0.3) is 0 Å². The van der Waals surface area contributed by atoms with Crippen molar-refractivity contribution in [1.82, 2.24) is 0 Å². The van der Waals surface area contributed by atoms with Crippen molar-refractivity contribution in [1.29, 1.82) is 0 Å². The molecule has 1 unspecified atom stereocenters. The Morgan fingerprint density at radius 2 is 2.00 bits per heavy atom. The third-order valence-electron chi connectivity index (χ3n) is 2.33. The summed E-state index contributed by atoms with van der Waals surface area (Å²) in [6, 6.07) is 0. The largest absolute Gasteiger partial charge is 0.394 e. The van der Waals surface area contributed by atoms with E-state index < -0.39 is 5.54 Å². The molecular formula is C10H23NO2. The van der Waals surface area contributed by atoms with Crippen LogP contribution >= 0.6 is 0 Å². The van der Waals surface area contributed by atoms with Gasteiger partial charge >= 0.3 is 0 Å². The van der Waals surface area contributed by atoms with Crippen LogP contribution in [-0.4, -0.2) is 30.5 Å². The van der Waals surface area contributed by atoms with Crippen molar-refractivity contribution in [3.8, 4) is 0 Å². The SMILES string of the molecule is CCCOCCCC(N)(CC)CO. The molecule has 0 radical (unpaired) electrons. The van der Waals surface area contributed by atoms with Gasteiger partial charge in [0.2, 0.25) is 0 Å². The zero-order valence-corrected chi connectivity index (χ0v) is 8.88. The molecule has 0 aliphatic rings. The predicted molar refractivity (Wildman–Crippen MR) is 54.6 cm³/mol. The monoisotopic (exact) mass is 189 g/mol. The summed E-state index contributed by atoms with van der Waals surface area (Å²) < 4.78 is 5.33. The third kappa shape index (κ3) is 6.02. The van der Waals surface area contributed by atoms with Gasteiger partial charge in [0, 0.05) is 18.8 Å². The van der Waals surface area contributed by atoms with E-state index in [1.165, 1.54) is 0 Å². The molecule has 80 valence electrons. The Hall–Kier alpha value is -0.120. The van der Waals surface area contributed by atoms with Crippen LogP contribution in [0.3, 0.4) is 0 Å². The standard InChI is InChI=1S/C10H23NO2/c1-3-7-13-8-5-6-10(11,4-2)9-12/h12H,3-9,11H2,1-2H3. The van der Waals surface area contributed by atoms with Crippen LogP contribution in [0.5, 0.6) is 0 Å². The Bertz CT molecular complexity index is 113. The van der Waals surface area contributed by atoms with Crippen LogP contribution < -0.4 is 5.73 Å². The van der Waals surface area contributed by atoms with Gasteiger partial charge in [-0.25, -0.2) is 0 Å². The molecule has 1 atom stereocenters. The second kappa shape index (κ2) is 7.30. The van der Waals surface area contributed by atoms with Crippen molar-refractivity contribution in [2.75, 3.05) is 19.8 Å². The van der Waals surface area contributed by atoms with Gasteiger partial charge in [-0.1, -0.05) is 13.8 Å². The highest BCUT2D eigenvalue weighted by molar-refractivity contribution is 4.81. The molecule has 0 saturated heterocycles. The Kier molecular flexibility index (Phi) is 7.23. The molecule has 0 spiro atoms. The summed E-state index contributed by atoms with van der Waals surface area (Å²) in [4.78, 5) is 0. The van der Waals surface area contributed by atoms with Gasteiger partial charge in [0.1, 0.15) is 0 Å². The van der Waals surface area contributed by atoms with Crippen molar-refractivity contribution in [2.45, 2.75) is 45.1 Å². The number of nitrogens with two attached hydrogens (primary N) is 1. The average Bonchev–Trinajstić information content (AvgIpc) is 2.17. The second-order valence-electron chi connectivity index (χ2n) is 3.59. The number of aliphatic hydroxyl groups excluding tert-OH is 1.